The first-order valence-electron chi connectivity index (χ1n) is 12.1. The average Bonchev–Trinajstić information content (AvgIpc) is 3.26. The van der Waals surface area contributed by atoms with E-state index < -0.39 is 54.0 Å². The molecule has 38 heavy (non-hydrogen) atoms. The predicted octanol–water partition coefficient (Wildman–Crippen LogP) is -1.97. The molecule has 0 fully saturated rings. The lowest BCUT2D eigenvalue weighted by Crippen LogP contribution is -2.58. The summed E-state index contributed by atoms with van der Waals surface area (Å²) < 4.78 is 0. The van der Waals surface area contributed by atoms with E-state index in [9.17, 15) is 29.4 Å². The molecule has 14 nitrogen and oxygen atoms in total. The number of hydrogen-bond acceptors (Lipinski definition) is 7. The smallest absolute Gasteiger partial charge is 0.328 e. The number of guanidine groups is 1. The molecule has 0 bridgehead atoms. The number of H-pyrrole nitrogens is 1. The second kappa shape index (κ2) is 13.9. The molecule has 208 valence electrons. The number of aliphatic hydroxyl groups is 1. The van der Waals surface area contributed by atoms with Crippen LogP contribution in [0.5, 0.6) is 0 Å². The third kappa shape index (κ3) is 8.74. The molecule has 5 unspecified atom stereocenters. The van der Waals surface area contributed by atoms with Crippen molar-refractivity contribution in [3.8, 4) is 0 Å². The molecule has 0 saturated heterocycles. The summed E-state index contributed by atoms with van der Waals surface area (Å²) in [6.07, 6.45) is 1.05. The number of hydrogen-bond donors (Lipinski definition) is 9. The maximum absolute atomic E-state index is 13.1. The molecule has 1 aromatic carbocycles. The van der Waals surface area contributed by atoms with Crippen molar-refractivity contribution in [2.45, 2.75) is 63.4 Å². The largest absolute Gasteiger partial charge is 0.480 e. The van der Waals surface area contributed by atoms with Gasteiger partial charge >= 0.3 is 5.97 Å². The highest BCUT2D eigenvalue weighted by atomic mass is 16.4. The Kier molecular flexibility index (Phi) is 11.0. The van der Waals surface area contributed by atoms with Gasteiger partial charge in [0, 0.05) is 30.1 Å². The molecule has 0 aliphatic heterocycles. The summed E-state index contributed by atoms with van der Waals surface area (Å²) in [5, 5.41) is 27.3. The van der Waals surface area contributed by atoms with Crippen LogP contribution in [0.25, 0.3) is 10.9 Å². The Morgan fingerprint density at radius 1 is 1.03 bits per heavy atom. The van der Waals surface area contributed by atoms with Gasteiger partial charge in [-0.05, 0) is 38.3 Å². The Morgan fingerprint density at radius 3 is 2.34 bits per heavy atom. The lowest BCUT2D eigenvalue weighted by atomic mass is 10.0. The molecule has 12 N–H and O–H groups in total. The number of aromatic amines is 1. The zero-order chi connectivity index (χ0) is 28.4. The average molecular weight is 533 g/mol. The number of aliphatic carboxylic acids is 1. The van der Waals surface area contributed by atoms with Crippen molar-refractivity contribution in [3.05, 3.63) is 36.0 Å². The first kappa shape index (κ1) is 30.1. The number of aliphatic imine (C=N–C) groups is 1. The number of nitrogens with zero attached hydrogens (tertiary/aromatic N) is 1. The molecule has 0 radical (unpaired) electrons. The zero-order valence-corrected chi connectivity index (χ0v) is 21.3. The van der Waals surface area contributed by atoms with Gasteiger partial charge in [0.1, 0.15) is 12.1 Å². The molecule has 3 amide bonds. The summed E-state index contributed by atoms with van der Waals surface area (Å²) in [6, 6.07) is 2.57. The van der Waals surface area contributed by atoms with E-state index >= 15 is 0 Å². The SMILES string of the molecule is CC(NC(=O)C(N)CCCN=C(N)N)C(=O)NC(Cc1c[nH]c2ccccc12)C(=O)NC(C(=O)O)C(C)O. The number of fused-ring (bicyclic) bond motifs is 1. The maximum Gasteiger partial charge on any atom is 0.328 e. The minimum Gasteiger partial charge on any atom is -0.480 e. The molecule has 5 atom stereocenters. The monoisotopic (exact) mass is 532 g/mol. The summed E-state index contributed by atoms with van der Waals surface area (Å²) in [5.41, 5.74) is 17.9. The van der Waals surface area contributed by atoms with Crippen LogP contribution < -0.4 is 33.2 Å². The quantitative estimate of drug-likeness (QED) is 0.0742. The van der Waals surface area contributed by atoms with Crippen LogP contribution in [-0.2, 0) is 25.6 Å². The van der Waals surface area contributed by atoms with E-state index in [0.29, 0.717) is 18.5 Å². The first-order chi connectivity index (χ1) is 17.9. The molecule has 14 heteroatoms. The van der Waals surface area contributed by atoms with E-state index in [1.54, 1.807) is 6.20 Å². The van der Waals surface area contributed by atoms with Crippen molar-refractivity contribution in [1.29, 1.82) is 0 Å². The molecule has 1 heterocycles. The minimum absolute atomic E-state index is 0.0126. The van der Waals surface area contributed by atoms with Crippen LogP contribution in [0.1, 0.15) is 32.3 Å². The number of para-hydroxylation sites is 1. The summed E-state index contributed by atoms with van der Waals surface area (Å²) >= 11 is 0. The van der Waals surface area contributed by atoms with Gasteiger partial charge in [-0.25, -0.2) is 4.79 Å². The fourth-order valence-corrected chi connectivity index (χ4v) is 3.71. The molecular weight excluding hydrogens is 496 g/mol. The molecule has 2 rings (SSSR count). The normalized spacial score (nSPS) is 14.9. The standard InChI is InChI=1S/C24H36N8O6/c1-12(30-21(35)16(25)7-5-9-28-24(26)27)20(34)31-18(22(36)32-19(13(2)33)23(37)38)10-14-11-29-17-8-4-3-6-15(14)17/h3-4,6,8,11-13,16,18-19,29,33H,5,7,9-10,25H2,1-2H3,(H,30,35)(H,31,34)(H,32,36)(H,37,38)(H4,26,27,28). The number of aromatic nitrogens is 1. The van der Waals surface area contributed by atoms with Crippen LogP contribution in [0, 0.1) is 0 Å². The third-order valence-corrected chi connectivity index (χ3v) is 5.83. The van der Waals surface area contributed by atoms with E-state index in [1.165, 1.54) is 13.8 Å². The van der Waals surface area contributed by atoms with Crippen molar-refractivity contribution in [2.24, 2.45) is 22.2 Å². The number of nitrogens with one attached hydrogen (secondary N) is 4. The lowest BCUT2D eigenvalue weighted by Gasteiger charge is -2.24. The van der Waals surface area contributed by atoms with Crippen LogP contribution >= 0.6 is 0 Å². The van der Waals surface area contributed by atoms with Gasteiger partial charge in [0.05, 0.1) is 12.1 Å². The van der Waals surface area contributed by atoms with Gasteiger partial charge in [0.25, 0.3) is 0 Å². The molecule has 0 aliphatic rings. The van der Waals surface area contributed by atoms with Crippen LogP contribution in [0.15, 0.2) is 35.5 Å². The van der Waals surface area contributed by atoms with Crippen molar-refractivity contribution < 1.29 is 29.4 Å². The minimum atomic E-state index is -1.58. The number of benzene rings is 1. The fraction of sp³-hybridized carbons (Fsp3) is 0.458. The maximum atomic E-state index is 13.1. The highest BCUT2D eigenvalue weighted by molar-refractivity contribution is 5.94. The number of carbonyl (C=O) groups is 4. The van der Waals surface area contributed by atoms with E-state index in [4.69, 9.17) is 17.2 Å². The summed E-state index contributed by atoms with van der Waals surface area (Å²) in [7, 11) is 0. The Hall–Kier alpha value is -4.17. The van der Waals surface area contributed by atoms with Crippen molar-refractivity contribution >= 4 is 40.6 Å². The van der Waals surface area contributed by atoms with Crippen molar-refractivity contribution in [3.63, 3.8) is 0 Å². The van der Waals surface area contributed by atoms with Gasteiger partial charge in [0.2, 0.25) is 17.7 Å². The second-order valence-corrected chi connectivity index (χ2v) is 8.98. The van der Waals surface area contributed by atoms with Crippen molar-refractivity contribution in [2.75, 3.05) is 6.54 Å². The van der Waals surface area contributed by atoms with Gasteiger partial charge in [-0.3, -0.25) is 19.4 Å². The van der Waals surface area contributed by atoms with Crippen LogP contribution in [0.2, 0.25) is 0 Å². The van der Waals surface area contributed by atoms with Crippen LogP contribution in [-0.4, -0.2) is 81.7 Å². The third-order valence-electron chi connectivity index (χ3n) is 5.83. The number of aliphatic hydroxyl groups excluding tert-OH is 1. The van der Waals surface area contributed by atoms with Crippen molar-refractivity contribution in [1.82, 2.24) is 20.9 Å². The Balaban J connectivity index is 2.12. The van der Waals surface area contributed by atoms with Crippen LogP contribution in [0.4, 0.5) is 0 Å². The van der Waals surface area contributed by atoms with E-state index in [1.807, 2.05) is 24.3 Å². The number of amides is 3. The predicted molar refractivity (Wildman–Crippen MR) is 141 cm³/mol. The molecule has 1 aromatic heterocycles. The zero-order valence-electron chi connectivity index (χ0n) is 21.3. The summed E-state index contributed by atoms with van der Waals surface area (Å²) in [4.78, 5) is 56.8. The van der Waals surface area contributed by atoms with Crippen LogP contribution in [0.3, 0.4) is 0 Å². The summed E-state index contributed by atoms with van der Waals surface area (Å²) in [5.74, 6) is -3.57. The Morgan fingerprint density at radius 2 is 1.71 bits per heavy atom. The fourth-order valence-electron chi connectivity index (χ4n) is 3.71. The molecule has 2 aromatic rings. The topological polar surface area (TPSA) is 251 Å². The molecular formula is C24H36N8O6. The van der Waals surface area contributed by atoms with E-state index in [0.717, 1.165) is 10.9 Å². The Labute approximate surface area is 219 Å². The van der Waals surface area contributed by atoms with Gasteiger partial charge in [0.15, 0.2) is 12.0 Å². The molecule has 0 aliphatic carbocycles. The lowest BCUT2D eigenvalue weighted by molar-refractivity contribution is -0.145. The number of carboxylic acids is 1. The first-order valence-corrected chi connectivity index (χ1v) is 12.1. The van der Waals surface area contributed by atoms with Gasteiger partial charge in [-0.2, -0.15) is 0 Å². The second-order valence-electron chi connectivity index (χ2n) is 8.98. The van der Waals surface area contributed by atoms with Gasteiger partial charge < -0.3 is 48.3 Å². The summed E-state index contributed by atoms with van der Waals surface area (Å²) in [6.45, 7) is 2.95. The highest BCUT2D eigenvalue weighted by Gasteiger charge is 2.31. The van der Waals surface area contributed by atoms with E-state index in [2.05, 4.69) is 25.9 Å². The van der Waals surface area contributed by atoms with Gasteiger partial charge in [-0.1, -0.05) is 18.2 Å². The highest BCUT2D eigenvalue weighted by Crippen LogP contribution is 2.19. The number of nitrogens with two attached hydrogens (primary N) is 3. The molecule has 0 saturated carbocycles. The number of carboxylic acid groups (broad SMARTS) is 1. The number of carbonyl (C=O) groups excluding carboxylic acids is 3. The number of rotatable bonds is 14. The molecule has 0 spiro atoms. The Bertz CT molecular complexity index is 1160. The van der Waals surface area contributed by atoms with E-state index in [-0.39, 0.29) is 18.8 Å². The van der Waals surface area contributed by atoms with Gasteiger partial charge in [-0.15, -0.1) is 0 Å².